The predicted octanol–water partition coefficient (Wildman–Crippen LogP) is 3.39. The van der Waals surface area contributed by atoms with Crippen LogP contribution in [0.2, 0.25) is 0 Å². The Hall–Kier alpha value is -3.06. The first kappa shape index (κ1) is 25.6. The molecule has 1 fully saturated rings. The van der Waals surface area contributed by atoms with Gasteiger partial charge >= 0.3 is 0 Å². The first-order chi connectivity index (χ1) is 16.4. The van der Waals surface area contributed by atoms with Crippen molar-refractivity contribution in [3.8, 4) is 5.75 Å². The number of anilines is 1. The maximum atomic E-state index is 12.5. The van der Waals surface area contributed by atoms with Gasteiger partial charge < -0.3 is 24.8 Å². The second-order valence-electron chi connectivity index (χ2n) is 9.21. The van der Waals surface area contributed by atoms with E-state index in [2.05, 4.69) is 41.4 Å². The van der Waals surface area contributed by atoms with Gasteiger partial charge in [-0.1, -0.05) is 25.5 Å². The highest BCUT2D eigenvalue weighted by molar-refractivity contribution is 5.94. The quantitative estimate of drug-likeness (QED) is 0.514. The van der Waals surface area contributed by atoms with Gasteiger partial charge in [0.05, 0.1) is 19.2 Å². The number of carbonyl (C=O) groups is 2. The number of nitrogens with zero attached hydrogens (tertiary/aromatic N) is 3. The van der Waals surface area contributed by atoms with Gasteiger partial charge in [-0.05, 0) is 68.9 Å². The van der Waals surface area contributed by atoms with Crippen LogP contribution in [0, 0.1) is 0 Å². The molecule has 1 aliphatic rings. The van der Waals surface area contributed by atoms with Crippen molar-refractivity contribution in [1.82, 2.24) is 15.1 Å². The molecule has 0 aliphatic carbocycles. The van der Waals surface area contributed by atoms with Gasteiger partial charge in [0.1, 0.15) is 5.75 Å². The van der Waals surface area contributed by atoms with Crippen LogP contribution in [0.5, 0.6) is 5.75 Å². The number of nitrogens with one attached hydrogen (secondary N) is 1. The molecule has 34 heavy (non-hydrogen) atoms. The molecule has 1 saturated heterocycles. The van der Waals surface area contributed by atoms with Crippen molar-refractivity contribution in [2.45, 2.75) is 38.8 Å². The van der Waals surface area contributed by atoms with Gasteiger partial charge in [-0.2, -0.15) is 0 Å². The van der Waals surface area contributed by atoms with Crippen molar-refractivity contribution in [3.05, 3.63) is 59.7 Å². The zero-order chi connectivity index (χ0) is 24.5. The van der Waals surface area contributed by atoms with E-state index in [1.54, 1.807) is 12.1 Å². The molecule has 1 N–H and O–H groups in total. The molecule has 1 atom stereocenters. The maximum absolute atomic E-state index is 12.5. The van der Waals surface area contributed by atoms with Crippen molar-refractivity contribution in [2.24, 2.45) is 0 Å². The van der Waals surface area contributed by atoms with Crippen LogP contribution in [0.3, 0.4) is 0 Å². The summed E-state index contributed by atoms with van der Waals surface area (Å²) in [7, 11) is 5.73. The van der Waals surface area contributed by atoms with Gasteiger partial charge in [-0.15, -0.1) is 0 Å². The third-order valence-corrected chi connectivity index (χ3v) is 6.19. The number of unbranched alkanes of at least 4 members (excludes halogenated alkanes) is 1. The molecule has 184 valence electrons. The van der Waals surface area contributed by atoms with Crippen molar-refractivity contribution >= 4 is 17.5 Å². The molecular weight excluding hydrogens is 428 g/mol. The third kappa shape index (κ3) is 7.22. The Bertz CT molecular complexity index is 928. The SMILES string of the molecule is CCCCOc1ccc(C(=O)NCc2ccc(N3CCC(N(C)C(=O)CN(C)C)C3)cc2)cc1. The van der Waals surface area contributed by atoms with Gasteiger partial charge in [-0.3, -0.25) is 9.59 Å². The molecule has 7 heteroatoms. The number of likely N-dealkylation sites (N-methyl/N-ethyl adjacent to an activating group) is 2. The fraction of sp³-hybridized carbons (Fsp3) is 0.481. The van der Waals surface area contributed by atoms with E-state index in [1.807, 2.05) is 43.1 Å². The Morgan fingerprint density at radius 1 is 1.06 bits per heavy atom. The van der Waals surface area contributed by atoms with Crippen LogP contribution in [0.4, 0.5) is 5.69 Å². The van der Waals surface area contributed by atoms with Crippen LogP contribution < -0.4 is 15.0 Å². The number of hydrogen-bond donors (Lipinski definition) is 1. The normalized spacial score (nSPS) is 15.4. The van der Waals surface area contributed by atoms with Gasteiger partial charge in [0.2, 0.25) is 5.91 Å². The molecule has 0 aromatic heterocycles. The molecule has 0 bridgehead atoms. The smallest absolute Gasteiger partial charge is 0.251 e. The second-order valence-corrected chi connectivity index (χ2v) is 9.21. The number of carbonyl (C=O) groups excluding carboxylic acids is 2. The first-order valence-electron chi connectivity index (χ1n) is 12.1. The van der Waals surface area contributed by atoms with Gasteiger partial charge in [0.15, 0.2) is 0 Å². The highest BCUT2D eigenvalue weighted by Crippen LogP contribution is 2.23. The maximum Gasteiger partial charge on any atom is 0.251 e. The van der Waals surface area contributed by atoms with Crippen LogP contribution in [0.1, 0.15) is 42.1 Å². The predicted molar refractivity (Wildman–Crippen MR) is 136 cm³/mol. The van der Waals surface area contributed by atoms with Crippen molar-refractivity contribution in [2.75, 3.05) is 52.3 Å². The lowest BCUT2D eigenvalue weighted by molar-refractivity contribution is -0.132. The fourth-order valence-corrected chi connectivity index (χ4v) is 4.02. The van der Waals surface area contributed by atoms with E-state index >= 15 is 0 Å². The number of amides is 2. The summed E-state index contributed by atoms with van der Waals surface area (Å²) < 4.78 is 5.65. The summed E-state index contributed by atoms with van der Waals surface area (Å²) in [6.45, 7) is 5.50. The van der Waals surface area contributed by atoms with E-state index in [4.69, 9.17) is 4.74 Å². The van der Waals surface area contributed by atoms with Crippen molar-refractivity contribution in [1.29, 1.82) is 0 Å². The minimum Gasteiger partial charge on any atom is -0.494 e. The first-order valence-corrected chi connectivity index (χ1v) is 12.1. The molecule has 1 heterocycles. The number of rotatable bonds is 11. The largest absolute Gasteiger partial charge is 0.494 e. The lowest BCUT2D eigenvalue weighted by atomic mass is 10.1. The second kappa shape index (κ2) is 12.4. The summed E-state index contributed by atoms with van der Waals surface area (Å²) >= 11 is 0. The fourth-order valence-electron chi connectivity index (χ4n) is 4.02. The highest BCUT2D eigenvalue weighted by atomic mass is 16.5. The average Bonchev–Trinajstić information content (AvgIpc) is 3.33. The van der Waals surface area contributed by atoms with Crippen LogP contribution in [-0.2, 0) is 11.3 Å². The van der Waals surface area contributed by atoms with E-state index in [0.29, 0.717) is 25.3 Å². The molecule has 0 spiro atoms. The zero-order valence-electron chi connectivity index (χ0n) is 20.9. The van der Waals surface area contributed by atoms with Crippen molar-refractivity contribution in [3.63, 3.8) is 0 Å². The van der Waals surface area contributed by atoms with E-state index in [0.717, 1.165) is 49.4 Å². The van der Waals surface area contributed by atoms with Crippen LogP contribution in [0.25, 0.3) is 0 Å². The summed E-state index contributed by atoms with van der Waals surface area (Å²) in [5, 5.41) is 2.98. The summed E-state index contributed by atoms with van der Waals surface area (Å²) in [5.41, 5.74) is 2.81. The van der Waals surface area contributed by atoms with E-state index in [9.17, 15) is 9.59 Å². The third-order valence-electron chi connectivity index (χ3n) is 6.19. The molecule has 2 amide bonds. The molecular formula is C27H38N4O3. The Morgan fingerprint density at radius 2 is 1.76 bits per heavy atom. The van der Waals surface area contributed by atoms with Crippen LogP contribution in [0.15, 0.2) is 48.5 Å². The molecule has 3 rings (SSSR count). The average molecular weight is 467 g/mol. The van der Waals surface area contributed by atoms with Gasteiger partial charge in [0.25, 0.3) is 5.91 Å². The van der Waals surface area contributed by atoms with Crippen LogP contribution >= 0.6 is 0 Å². The molecule has 2 aromatic carbocycles. The summed E-state index contributed by atoms with van der Waals surface area (Å²) in [4.78, 5) is 30.9. The minimum atomic E-state index is -0.100. The number of ether oxygens (including phenoxy) is 1. The Balaban J connectivity index is 1.47. The molecule has 1 aliphatic heterocycles. The van der Waals surface area contributed by atoms with Crippen LogP contribution in [-0.4, -0.2) is 75.0 Å². The number of benzene rings is 2. The van der Waals surface area contributed by atoms with Gasteiger partial charge in [0, 0.05) is 37.9 Å². The Morgan fingerprint density at radius 3 is 2.41 bits per heavy atom. The molecule has 0 radical (unpaired) electrons. The van der Waals surface area contributed by atoms with E-state index in [1.165, 1.54) is 0 Å². The summed E-state index contributed by atoms with van der Waals surface area (Å²) in [6, 6.07) is 15.8. The number of hydrogen-bond acceptors (Lipinski definition) is 5. The monoisotopic (exact) mass is 466 g/mol. The lowest BCUT2D eigenvalue weighted by Gasteiger charge is -2.26. The Kier molecular flexibility index (Phi) is 9.33. The Labute approximate surface area is 203 Å². The molecule has 1 unspecified atom stereocenters. The molecule has 7 nitrogen and oxygen atoms in total. The zero-order valence-corrected chi connectivity index (χ0v) is 20.9. The lowest BCUT2D eigenvalue weighted by Crippen LogP contribution is -2.43. The molecule has 2 aromatic rings. The topological polar surface area (TPSA) is 65.1 Å². The van der Waals surface area contributed by atoms with Crippen molar-refractivity contribution < 1.29 is 14.3 Å². The van der Waals surface area contributed by atoms with Gasteiger partial charge in [-0.25, -0.2) is 0 Å². The van der Waals surface area contributed by atoms with E-state index < -0.39 is 0 Å². The van der Waals surface area contributed by atoms with E-state index in [-0.39, 0.29) is 17.9 Å². The molecule has 0 saturated carbocycles. The standard InChI is InChI=1S/C27H38N4O3/c1-5-6-17-34-25-13-9-22(10-14-25)27(33)28-18-21-7-11-23(12-8-21)31-16-15-24(19-31)30(4)26(32)20-29(2)3/h7-14,24H,5-6,15-20H2,1-4H3,(H,28,33). The summed E-state index contributed by atoms with van der Waals surface area (Å²) in [6.07, 6.45) is 3.08. The minimum absolute atomic E-state index is 0.100. The summed E-state index contributed by atoms with van der Waals surface area (Å²) in [5.74, 6) is 0.844. The highest BCUT2D eigenvalue weighted by Gasteiger charge is 2.28.